The van der Waals surface area contributed by atoms with Gasteiger partial charge >= 0.3 is 6.03 Å². The van der Waals surface area contributed by atoms with Gasteiger partial charge in [-0.15, -0.1) is 0 Å². The summed E-state index contributed by atoms with van der Waals surface area (Å²) in [6, 6.07) is 6.89. The van der Waals surface area contributed by atoms with E-state index in [1.165, 1.54) is 70.0 Å². The molecule has 1 N–H and O–H groups in total. The van der Waals surface area contributed by atoms with Crippen molar-refractivity contribution >= 4 is 17.4 Å². The Morgan fingerprint density at radius 1 is 1.00 bits per heavy atom. The van der Waals surface area contributed by atoms with Crippen LogP contribution < -0.4 is 10.6 Å². The highest BCUT2D eigenvalue weighted by atomic mass is 16.2. The summed E-state index contributed by atoms with van der Waals surface area (Å²) in [4.78, 5) is 14.1. The molecule has 2 heterocycles. The Bertz CT molecular complexity index is 570. The van der Waals surface area contributed by atoms with Crippen LogP contribution in [0.3, 0.4) is 0 Å². The number of benzene rings is 1. The summed E-state index contributed by atoms with van der Waals surface area (Å²) in [6.45, 7) is 2.45. The van der Waals surface area contributed by atoms with E-state index in [0.717, 1.165) is 17.4 Å². The number of nitrogens with zero attached hydrogens (tertiary/aromatic N) is 2. The fourth-order valence-corrected chi connectivity index (χ4v) is 4.47. The van der Waals surface area contributed by atoms with Crippen LogP contribution in [0.15, 0.2) is 18.2 Å². The molecule has 2 aliphatic heterocycles. The van der Waals surface area contributed by atoms with E-state index in [2.05, 4.69) is 27.7 Å². The van der Waals surface area contributed by atoms with Crippen molar-refractivity contribution in [1.82, 2.24) is 10.2 Å². The molecule has 1 saturated heterocycles. The molecule has 1 saturated carbocycles. The van der Waals surface area contributed by atoms with Crippen LogP contribution in [0, 0.1) is 0 Å². The molecule has 4 rings (SSSR count). The first-order chi connectivity index (χ1) is 11.3. The van der Waals surface area contributed by atoms with Crippen LogP contribution in [0.5, 0.6) is 0 Å². The molecule has 0 unspecified atom stereocenters. The largest absolute Gasteiger partial charge is 0.346 e. The van der Waals surface area contributed by atoms with Crippen molar-refractivity contribution in [2.45, 2.75) is 63.3 Å². The van der Waals surface area contributed by atoms with Crippen molar-refractivity contribution in [3.05, 3.63) is 23.8 Å². The highest BCUT2D eigenvalue weighted by Crippen LogP contribution is 2.36. The van der Waals surface area contributed by atoms with Crippen molar-refractivity contribution in [2.24, 2.45) is 0 Å². The maximum Gasteiger partial charge on any atom is 0.346 e. The van der Waals surface area contributed by atoms with Gasteiger partial charge in [-0.3, -0.25) is 0 Å². The molecule has 2 fully saturated rings. The zero-order chi connectivity index (χ0) is 15.6. The summed E-state index contributed by atoms with van der Waals surface area (Å²) >= 11 is 0. The lowest BCUT2D eigenvalue weighted by atomic mass is 9.88. The molecule has 0 aromatic heterocycles. The number of hydrogen-bond acceptors (Lipinski definition) is 2. The number of piperidine rings is 1. The Labute approximate surface area is 138 Å². The molecule has 3 aliphatic rings. The second-order valence-corrected chi connectivity index (χ2v) is 7.27. The molecule has 1 aromatic carbocycles. The number of carbonyl (C=O) groups excluding carboxylic acids is 1. The Morgan fingerprint density at radius 3 is 2.48 bits per heavy atom. The maximum atomic E-state index is 11.3. The molecule has 23 heavy (non-hydrogen) atoms. The predicted octanol–water partition coefficient (Wildman–Crippen LogP) is 4.37. The van der Waals surface area contributed by atoms with Crippen molar-refractivity contribution < 1.29 is 4.79 Å². The lowest BCUT2D eigenvalue weighted by Gasteiger charge is -2.37. The minimum Gasteiger partial charge on any atom is -0.304 e. The Kier molecular flexibility index (Phi) is 4.25. The van der Waals surface area contributed by atoms with E-state index in [9.17, 15) is 4.79 Å². The Morgan fingerprint density at radius 2 is 1.74 bits per heavy atom. The maximum absolute atomic E-state index is 11.3. The minimum atomic E-state index is -0.236. The molecule has 1 aromatic rings. The van der Waals surface area contributed by atoms with Crippen LogP contribution in [0.1, 0.15) is 62.8 Å². The minimum absolute atomic E-state index is 0.236. The van der Waals surface area contributed by atoms with Crippen LogP contribution in [-0.4, -0.2) is 30.1 Å². The monoisotopic (exact) mass is 312 g/mol. The van der Waals surface area contributed by atoms with E-state index in [4.69, 9.17) is 0 Å². The average molecular weight is 312 g/mol. The molecule has 1 aliphatic carbocycles. The number of urea groups is 1. The van der Waals surface area contributed by atoms with Gasteiger partial charge in [-0.2, -0.15) is 5.32 Å². The zero-order valence-electron chi connectivity index (χ0n) is 13.8. The van der Waals surface area contributed by atoms with E-state index in [-0.39, 0.29) is 6.03 Å². The highest BCUT2D eigenvalue weighted by molar-refractivity contribution is 6.02. The van der Waals surface area contributed by atoms with E-state index < -0.39 is 0 Å². The van der Waals surface area contributed by atoms with Crippen molar-refractivity contribution in [3.63, 3.8) is 0 Å². The van der Waals surface area contributed by atoms with Crippen LogP contribution in [0.4, 0.5) is 16.2 Å². The standard InChI is InChI=1S/C19H26N3O/c23-19-20-17-8-7-15(13-18(17)21-19)14-9-11-22(12-10-14)16-5-3-1-2-4-6-16/h7-8,13-14,16H,1-6,9-12H2,(H,20,23). The summed E-state index contributed by atoms with van der Waals surface area (Å²) in [5.41, 5.74) is 3.03. The van der Waals surface area contributed by atoms with Gasteiger partial charge < -0.3 is 10.2 Å². The van der Waals surface area contributed by atoms with Gasteiger partial charge in [0.15, 0.2) is 0 Å². The van der Waals surface area contributed by atoms with Crippen LogP contribution in [-0.2, 0) is 0 Å². The van der Waals surface area contributed by atoms with Crippen molar-refractivity contribution in [3.8, 4) is 0 Å². The summed E-state index contributed by atoms with van der Waals surface area (Å²) in [5.74, 6) is 0.619. The van der Waals surface area contributed by atoms with Crippen molar-refractivity contribution in [1.29, 1.82) is 0 Å². The van der Waals surface area contributed by atoms with E-state index in [0.29, 0.717) is 5.92 Å². The first kappa shape index (κ1) is 15.0. The summed E-state index contributed by atoms with van der Waals surface area (Å²) in [6.07, 6.45) is 11.0. The lowest BCUT2D eigenvalue weighted by Crippen LogP contribution is -2.40. The molecule has 1 radical (unpaired) electrons. The average Bonchev–Trinajstić information content (AvgIpc) is 2.77. The normalized spacial score (nSPS) is 23.9. The number of likely N-dealkylation sites (tertiary alicyclic amines) is 1. The zero-order valence-corrected chi connectivity index (χ0v) is 13.8. The molecule has 0 bridgehead atoms. The van der Waals surface area contributed by atoms with Gasteiger partial charge in [0.25, 0.3) is 0 Å². The lowest BCUT2D eigenvalue weighted by molar-refractivity contribution is 0.139. The molecule has 0 spiro atoms. The first-order valence-corrected chi connectivity index (χ1v) is 9.20. The van der Waals surface area contributed by atoms with Gasteiger partial charge in [0.1, 0.15) is 0 Å². The molecule has 4 heteroatoms. The molecule has 4 nitrogen and oxygen atoms in total. The van der Waals surface area contributed by atoms with Gasteiger partial charge in [0, 0.05) is 6.04 Å². The van der Waals surface area contributed by atoms with Gasteiger partial charge in [-0.25, -0.2) is 4.79 Å². The first-order valence-electron chi connectivity index (χ1n) is 9.20. The van der Waals surface area contributed by atoms with Crippen molar-refractivity contribution in [2.75, 3.05) is 18.4 Å². The van der Waals surface area contributed by atoms with Crippen LogP contribution in [0.25, 0.3) is 0 Å². The molecule has 0 atom stereocenters. The van der Waals surface area contributed by atoms with E-state index in [1.807, 2.05) is 6.07 Å². The number of carbonyl (C=O) groups is 1. The number of rotatable bonds is 2. The third-order valence-electron chi connectivity index (χ3n) is 5.83. The second kappa shape index (κ2) is 6.52. The molecular weight excluding hydrogens is 286 g/mol. The smallest absolute Gasteiger partial charge is 0.304 e. The highest BCUT2D eigenvalue weighted by Gasteiger charge is 2.27. The fraction of sp³-hybridized carbons (Fsp3) is 0.632. The third-order valence-corrected chi connectivity index (χ3v) is 5.83. The molecule has 123 valence electrons. The Hall–Kier alpha value is -1.55. The van der Waals surface area contributed by atoms with Crippen LogP contribution in [0.2, 0.25) is 0 Å². The number of hydrogen-bond donors (Lipinski definition) is 1. The number of fused-ring (bicyclic) bond motifs is 1. The summed E-state index contributed by atoms with van der Waals surface area (Å²) < 4.78 is 0. The van der Waals surface area contributed by atoms with E-state index in [1.54, 1.807) is 0 Å². The summed E-state index contributed by atoms with van der Waals surface area (Å²) in [5, 5.41) is 6.82. The predicted molar refractivity (Wildman–Crippen MR) is 92.3 cm³/mol. The summed E-state index contributed by atoms with van der Waals surface area (Å²) in [7, 11) is 0. The van der Waals surface area contributed by atoms with Crippen LogP contribution >= 0.6 is 0 Å². The van der Waals surface area contributed by atoms with E-state index >= 15 is 0 Å². The SMILES string of the molecule is O=C1[N]c2cc(C3CCN(C4CCCCCC4)CC3)ccc2N1. The number of nitrogens with one attached hydrogen (secondary N) is 1. The molecule has 2 amide bonds. The number of amides is 2. The quantitative estimate of drug-likeness (QED) is 0.824. The Balaban J connectivity index is 1.38. The second-order valence-electron chi connectivity index (χ2n) is 7.27. The topological polar surface area (TPSA) is 46.4 Å². The third kappa shape index (κ3) is 3.23. The van der Waals surface area contributed by atoms with Gasteiger partial charge in [-0.05, 0) is 62.4 Å². The fourth-order valence-electron chi connectivity index (χ4n) is 4.47. The molecular formula is C19H26N3O. The van der Waals surface area contributed by atoms with Gasteiger partial charge in [0.2, 0.25) is 0 Å². The van der Waals surface area contributed by atoms with Gasteiger partial charge in [0.05, 0.1) is 11.4 Å². The number of anilines is 1. The van der Waals surface area contributed by atoms with Gasteiger partial charge in [-0.1, -0.05) is 31.7 Å².